The second-order valence-electron chi connectivity index (χ2n) is 6.27. The van der Waals surface area contributed by atoms with Gasteiger partial charge in [-0.1, -0.05) is 17.3 Å². The van der Waals surface area contributed by atoms with Crippen LogP contribution in [0.15, 0.2) is 41.5 Å². The number of imidazole rings is 1. The SMILES string of the molecule is Cn1ccnc1C1CNCCN1C(=O)Cn1nnc2ccccc2c1=O. The number of nitrogens with zero attached hydrogens (tertiary/aromatic N) is 6. The van der Waals surface area contributed by atoms with Gasteiger partial charge in [0.1, 0.15) is 23.9 Å². The molecule has 3 aromatic rings. The van der Waals surface area contributed by atoms with Crippen molar-refractivity contribution >= 4 is 16.8 Å². The van der Waals surface area contributed by atoms with Crippen molar-refractivity contribution in [2.24, 2.45) is 7.05 Å². The zero-order valence-electron chi connectivity index (χ0n) is 14.4. The number of rotatable bonds is 3. The number of nitrogens with one attached hydrogen (secondary N) is 1. The summed E-state index contributed by atoms with van der Waals surface area (Å²) in [7, 11) is 1.90. The van der Waals surface area contributed by atoms with E-state index in [0.717, 1.165) is 10.5 Å². The standard InChI is InChI=1S/C17H19N7O2/c1-22-8-7-19-16(22)14-10-18-6-9-23(14)15(25)11-24-17(26)12-4-2-3-5-13(12)20-21-24/h2-5,7-8,14,18H,6,9-11H2,1H3. The Kier molecular flexibility index (Phi) is 4.21. The molecule has 134 valence electrons. The van der Waals surface area contributed by atoms with Gasteiger partial charge in [-0.25, -0.2) is 9.67 Å². The van der Waals surface area contributed by atoms with Crippen LogP contribution in [0.5, 0.6) is 0 Å². The predicted molar refractivity (Wildman–Crippen MR) is 94.3 cm³/mol. The maximum atomic E-state index is 12.9. The minimum Gasteiger partial charge on any atom is -0.336 e. The summed E-state index contributed by atoms with van der Waals surface area (Å²) in [5.74, 6) is 0.633. The van der Waals surface area contributed by atoms with E-state index in [1.165, 1.54) is 0 Å². The van der Waals surface area contributed by atoms with Gasteiger partial charge in [-0.3, -0.25) is 9.59 Å². The van der Waals surface area contributed by atoms with Crippen LogP contribution in [0.1, 0.15) is 11.9 Å². The summed E-state index contributed by atoms with van der Waals surface area (Å²) in [6.07, 6.45) is 3.57. The van der Waals surface area contributed by atoms with Crippen molar-refractivity contribution in [2.75, 3.05) is 19.6 Å². The second-order valence-corrected chi connectivity index (χ2v) is 6.27. The quantitative estimate of drug-likeness (QED) is 0.694. The molecule has 1 aliphatic rings. The number of carbonyl (C=O) groups excluding carboxylic acids is 1. The molecule has 0 bridgehead atoms. The van der Waals surface area contributed by atoms with E-state index < -0.39 is 0 Å². The topological polar surface area (TPSA) is 97.9 Å². The highest BCUT2D eigenvalue weighted by molar-refractivity contribution is 5.78. The van der Waals surface area contributed by atoms with E-state index in [1.807, 2.05) is 17.8 Å². The van der Waals surface area contributed by atoms with Gasteiger partial charge >= 0.3 is 0 Å². The molecule has 1 unspecified atom stereocenters. The van der Waals surface area contributed by atoms with Gasteiger partial charge in [0, 0.05) is 39.1 Å². The largest absolute Gasteiger partial charge is 0.336 e. The zero-order chi connectivity index (χ0) is 18.1. The first-order chi connectivity index (χ1) is 12.6. The number of benzene rings is 1. The van der Waals surface area contributed by atoms with E-state index >= 15 is 0 Å². The fourth-order valence-electron chi connectivity index (χ4n) is 3.28. The lowest BCUT2D eigenvalue weighted by Gasteiger charge is -2.35. The van der Waals surface area contributed by atoms with Crippen molar-refractivity contribution < 1.29 is 4.79 Å². The number of hydrogen-bond acceptors (Lipinski definition) is 6. The Bertz CT molecular complexity index is 1010. The lowest BCUT2D eigenvalue weighted by atomic mass is 10.1. The summed E-state index contributed by atoms with van der Waals surface area (Å²) in [4.78, 5) is 31.6. The number of aryl methyl sites for hydroxylation is 1. The third kappa shape index (κ3) is 2.86. The Balaban J connectivity index is 1.62. The van der Waals surface area contributed by atoms with Crippen LogP contribution in [0, 0.1) is 0 Å². The van der Waals surface area contributed by atoms with Gasteiger partial charge in [0.05, 0.1) is 5.39 Å². The molecule has 26 heavy (non-hydrogen) atoms. The van der Waals surface area contributed by atoms with E-state index in [0.29, 0.717) is 30.5 Å². The minimum atomic E-state index is -0.312. The number of carbonyl (C=O) groups is 1. The van der Waals surface area contributed by atoms with E-state index in [4.69, 9.17) is 0 Å². The molecule has 1 N–H and O–H groups in total. The molecule has 9 heteroatoms. The summed E-state index contributed by atoms with van der Waals surface area (Å²) in [5.41, 5.74) is 0.210. The molecule has 1 aromatic carbocycles. The number of aromatic nitrogens is 5. The Hall–Kier alpha value is -3.07. The van der Waals surface area contributed by atoms with Gasteiger partial charge in [0.25, 0.3) is 5.56 Å². The van der Waals surface area contributed by atoms with Gasteiger partial charge in [-0.2, -0.15) is 0 Å². The summed E-state index contributed by atoms with van der Waals surface area (Å²) in [5, 5.41) is 11.7. The number of piperazine rings is 1. The predicted octanol–water partition coefficient (Wildman–Crippen LogP) is -0.302. The third-order valence-electron chi connectivity index (χ3n) is 4.63. The number of fused-ring (bicyclic) bond motifs is 1. The smallest absolute Gasteiger partial charge is 0.278 e. The second kappa shape index (κ2) is 6.68. The Morgan fingerprint density at radius 1 is 1.35 bits per heavy atom. The molecule has 0 aliphatic carbocycles. The van der Waals surface area contributed by atoms with Crippen LogP contribution in [-0.2, 0) is 18.4 Å². The van der Waals surface area contributed by atoms with Gasteiger partial charge < -0.3 is 14.8 Å². The van der Waals surface area contributed by atoms with Gasteiger partial charge in [-0.15, -0.1) is 5.10 Å². The molecule has 0 radical (unpaired) electrons. The maximum absolute atomic E-state index is 12.9. The highest BCUT2D eigenvalue weighted by Gasteiger charge is 2.30. The van der Waals surface area contributed by atoms with Crippen LogP contribution in [-0.4, -0.2) is 55.0 Å². The number of hydrogen-bond donors (Lipinski definition) is 1. The van der Waals surface area contributed by atoms with Crippen LogP contribution < -0.4 is 10.9 Å². The lowest BCUT2D eigenvalue weighted by molar-refractivity contribution is -0.135. The van der Waals surface area contributed by atoms with Crippen molar-refractivity contribution in [3.8, 4) is 0 Å². The van der Waals surface area contributed by atoms with Crippen molar-refractivity contribution in [1.29, 1.82) is 0 Å². The van der Waals surface area contributed by atoms with Crippen molar-refractivity contribution in [1.82, 2.24) is 34.8 Å². The normalized spacial score (nSPS) is 17.6. The summed E-state index contributed by atoms with van der Waals surface area (Å²) >= 11 is 0. The third-order valence-corrected chi connectivity index (χ3v) is 4.63. The van der Waals surface area contributed by atoms with Crippen molar-refractivity contribution in [2.45, 2.75) is 12.6 Å². The molecule has 0 saturated carbocycles. The molecule has 1 fully saturated rings. The van der Waals surface area contributed by atoms with Crippen LogP contribution in [0.3, 0.4) is 0 Å². The van der Waals surface area contributed by atoms with Crippen molar-refractivity contribution in [3.63, 3.8) is 0 Å². The summed E-state index contributed by atoms with van der Waals surface area (Å²) in [6, 6.07) is 6.80. The average Bonchev–Trinajstić information content (AvgIpc) is 3.10. The molecule has 1 atom stereocenters. The Labute approximate surface area is 149 Å². The first kappa shape index (κ1) is 16.4. The molecule has 3 heterocycles. The first-order valence-corrected chi connectivity index (χ1v) is 8.45. The van der Waals surface area contributed by atoms with Gasteiger partial charge in [-0.05, 0) is 12.1 Å². The average molecular weight is 353 g/mol. The molecule has 4 rings (SSSR count). The van der Waals surface area contributed by atoms with E-state index in [1.54, 1.807) is 35.4 Å². The van der Waals surface area contributed by atoms with Crippen LogP contribution >= 0.6 is 0 Å². The van der Waals surface area contributed by atoms with Crippen molar-refractivity contribution in [3.05, 3.63) is 52.8 Å². The van der Waals surface area contributed by atoms with Gasteiger partial charge in [0.15, 0.2) is 0 Å². The molecule has 9 nitrogen and oxygen atoms in total. The minimum absolute atomic E-state index is 0.141. The zero-order valence-corrected chi connectivity index (χ0v) is 14.4. The highest BCUT2D eigenvalue weighted by Crippen LogP contribution is 2.20. The monoisotopic (exact) mass is 353 g/mol. The number of amides is 1. The Morgan fingerprint density at radius 3 is 3.00 bits per heavy atom. The maximum Gasteiger partial charge on any atom is 0.278 e. The van der Waals surface area contributed by atoms with Crippen LogP contribution in [0.25, 0.3) is 10.9 Å². The van der Waals surface area contributed by atoms with E-state index in [9.17, 15) is 9.59 Å². The molecule has 0 spiro atoms. The van der Waals surface area contributed by atoms with Crippen LogP contribution in [0.2, 0.25) is 0 Å². The fourth-order valence-corrected chi connectivity index (χ4v) is 3.28. The molecular formula is C17H19N7O2. The molecule has 2 aromatic heterocycles. The molecule has 1 saturated heterocycles. The first-order valence-electron chi connectivity index (χ1n) is 8.45. The summed E-state index contributed by atoms with van der Waals surface area (Å²) < 4.78 is 3.03. The molecule has 1 amide bonds. The Morgan fingerprint density at radius 2 is 2.19 bits per heavy atom. The van der Waals surface area contributed by atoms with E-state index in [2.05, 4.69) is 20.6 Å². The highest BCUT2D eigenvalue weighted by atomic mass is 16.2. The molecule has 1 aliphatic heterocycles. The van der Waals surface area contributed by atoms with Crippen LogP contribution in [0.4, 0.5) is 0 Å². The summed E-state index contributed by atoms with van der Waals surface area (Å²) in [6.45, 7) is 1.73. The fraction of sp³-hybridized carbons (Fsp3) is 0.353. The van der Waals surface area contributed by atoms with E-state index in [-0.39, 0.29) is 24.1 Å². The lowest BCUT2D eigenvalue weighted by Crippen LogP contribution is -2.51. The van der Waals surface area contributed by atoms with Gasteiger partial charge in [0.2, 0.25) is 5.91 Å². The molecular weight excluding hydrogens is 334 g/mol.